The topological polar surface area (TPSA) is 78.9 Å². The molecule has 0 fully saturated rings. The maximum absolute atomic E-state index is 4.35. The summed E-state index contributed by atoms with van der Waals surface area (Å²) in [5.74, 6) is 1.66. The molecule has 0 aliphatic carbocycles. The molecular formula is C13H19N7. The second-order valence-electron chi connectivity index (χ2n) is 4.55. The number of nitrogens with zero attached hydrogens (tertiary/aromatic N) is 5. The molecule has 0 unspecified atom stereocenters. The zero-order valence-corrected chi connectivity index (χ0v) is 12.2. The Balaban J connectivity index is 2.17. The standard InChI is InChI=1S/C13H19N7/c1-9-6-5-7-15-10(9)8-16-12-17-11(14-2)18-13(19-12)20(3)4/h5-7H,8H2,1-4H3,(H2,14,16,17,18,19). The minimum atomic E-state index is 0.526. The molecule has 20 heavy (non-hydrogen) atoms. The molecule has 2 aromatic rings. The van der Waals surface area contributed by atoms with E-state index in [9.17, 15) is 0 Å². The molecule has 7 heteroatoms. The Morgan fingerprint density at radius 3 is 2.55 bits per heavy atom. The number of aromatic nitrogens is 4. The van der Waals surface area contributed by atoms with Crippen LogP contribution in [-0.4, -0.2) is 41.1 Å². The molecule has 0 saturated heterocycles. The number of pyridine rings is 1. The van der Waals surface area contributed by atoms with Gasteiger partial charge in [-0.15, -0.1) is 0 Å². The molecule has 0 aromatic carbocycles. The molecule has 0 aliphatic rings. The van der Waals surface area contributed by atoms with Gasteiger partial charge in [0.05, 0.1) is 12.2 Å². The summed E-state index contributed by atoms with van der Waals surface area (Å²) < 4.78 is 0. The first-order valence-electron chi connectivity index (χ1n) is 6.35. The van der Waals surface area contributed by atoms with Crippen LogP contribution in [0.25, 0.3) is 0 Å². The SMILES string of the molecule is CNc1nc(NCc2ncccc2C)nc(N(C)C)n1. The van der Waals surface area contributed by atoms with Crippen molar-refractivity contribution >= 4 is 17.8 Å². The minimum absolute atomic E-state index is 0.526. The van der Waals surface area contributed by atoms with E-state index in [0.29, 0.717) is 24.4 Å². The largest absolute Gasteiger partial charge is 0.357 e. The van der Waals surface area contributed by atoms with Crippen molar-refractivity contribution in [1.82, 2.24) is 19.9 Å². The van der Waals surface area contributed by atoms with E-state index in [1.54, 1.807) is 13.2 Å². The molecule has 0 aliphatic heterocycles. The Morgan fingerprint density at radius 1 is 1.15 bits per heavy atom. The summed E-state index contributed by atoms with van der Waals surface area (Å²) in [4.78, 5) is 19.1. The average molecular weight is 273 g/mol. The van der Waals surface area contributed by atoms with Gasteiger partial charge in [0.15, 0.2) is 0 Å². The lowest BCUT2D eigenvalue weighted by Crippen LogP contribution is -2.16. The summed E-state index contributed by atoms with van der Waals surface area (Å²) in [5, 5.41) is 6.11. The van der Waals surface area contributed by atoms with Crippen LogP contribution in [0.5, 0.6) is 0 Å². The van der Waals surface area contributed by atoms with Crippen molar-refractivity contribution in [3.05, 3.63) is 29.6 Å². The summed E-state index contributed by atoms with van der Waals surface area (Å²) in [7, 11) is 5.56. The van der Waals surface area contributed by atoms with Crippen LogP contribution < -0.4 is 15.5 Å². The summed E-state index contributed by atoms with van der Waals surface area (Å²) in [6.07, 6.45) is 1.78. The van der Waals surface area contributed by atoms with Crippen molar-refractivity contribution < 1.29 is 0 Å². The molecule has 2 aromatic heterocycles. The van der Waals surface area contributed by atoms with Crippen LogP contribution in [0.4, 0.5) is 17.8 Å². The van der Waals surface area contributed by atoms with E-state index in [-0.39, 0.29) is 0 Å². The van der Waals surface area contributed by atoms with E-state index in [0.717, 1.165) is 11.3 Å². The van der Waals surface area contributed by atoms with Gasteiger partial charge in [0.1, 0.15) is 0 Å². The Bertz CT molecular complexity index is 583. The second kappa shape index (κ2) is 6.14. The highest BCUT2D eigenvalue weighted by Crippen LogP contribution is 2.12. The molecule has 0 radical (unpaired) electrons. The van der Waals surface area contributed by atoms with Crippen molar-refractivity contribution in [3.63, 3.8) is 0 Å². The van der Waals surface area contributed by atoms with E-state index in [1.807, 2.05) is 38.1 Å². The van der Waals surface area contributed by atoms with Crippen molar-refractivity contribution in [2.45, 2.75) is 13.5 Å². The first-order valence-corrected chi connectivity index (χ1v) is 6.35. The quantitative estimate of drug-likeness (QED) is 0.850. The van der Waals surface area contributed by atoms with Crippen LogP contribution in [0.15, 0.2) is 18.3 Å². The Hall–Kier alpha value is -2.44. The number of aryl methyl sites for hydroxylation is 1. The van der Waals surface area contributed by atoms with E-state index in [1.165, 1.54) is 0 Å². The number of anilines is 3. The zero-order valence-electron chi connectivity index (χ0n) is 12.2. The predicted octanol–water partition coefficient (Wildman–Crippen LogP) is 1.29. The minimum Gasteiger partial charge on any atom is -0.357 e. The molecule has 0 bridgehead atoms. The van der Waals surface area contributed by atoms with Gasteiger partial charge in [-0.1, -0.05) is 6.07 Å². The van der Waals surface area contributed by atoms with Gasteiger partial charge >= 0.3 is 0 Å². The average Bonchev–Trinajstić information content (AvgIpc) is 2.46. The number of rotatable bonds is 5. The van der Waals surface area contributed by atoms with Gasteiger partial charge in [0.25, 0.3) is 0 Å². The van der Waals surface area contributed by atoms with Gasteiger partial charge in [-0.25, -0.2) is 0 Å². The molecular weight excluding hydrogens is 254 g/mol. The Labute approximate surface area is 118 Å². The highest BCUT2D eigenvalue weighted by atomic mass is 15.3. The second-order valence-corrected chi connectivity index (χ2v) is 4.55. The van der Waals surface area contributed by atoms with E-state index < -0.39 is 0 Å². The molecule has 0 saturated carbocycles. The normalized spacial score (nSPS) is 10.2. The molecule has 2 rings (SSSR count). The maximum Gasteiger partial charge on any atom is 0.231 e. The third kappa shape index (κ3) is 3.31. The van der Waals surface area contributed by atoms with Crippen LogP contribution in [0, 0.1) is 6.92 Å². The molecule has 2 heterocycles. The van der Waals surface area contributed by atoms with Crippen molar-refractivity contribution in [1.29, 1.82) is 0 Å². The zero-order chi connectivity index (χ0) is 14.5. The van der Waals surface area contributed by atoms with Gasteiger partial charge < -0.3 is 15.5 Å². The van der Waals surface area contributed by atoms with Crippen LogP contribution in [0.3, 0.4) is 0 Å². The van der Waals surface area contributed by atoms with Crippen LogP contribution >= 0.6 is 0 Å². The third-order valence-corrected chi connectivity index (χ3v) is 2.78. The first kappa shape index (κ1) is 14.0. The Morgan fingerprint density at radius 2 is 1.90 bits per heavy atom. The van der Waals surface area contributed by atoms with Gasteiger partial charge in [0.2, 0.25) is 17.8 Å². The first-order chi connectivity index (χ1) is 9.60. The van der Waals surface area contributed by atoms with E-state index in [4.69, 9.17) is 0 Å². The molecule has 7 nitrogen and oxygen atoms in total. The van der Waals surface area contributed by atoms with Gasteiger partial charge in [-0.3, -0.25) is 4.98 Å². The summed E-state index contributed by atoms with van der Waals surface area (Å²) >= 11 is 0. The summed E-state index contributed by atoms with van der Waals surface area (Å²) in [6.45, 7) is 2.61. The number of hydrogen-bond donors (Lipinski definition) is 2. The maximum atomic E-state index is 4.35. The van der Waals surface area contributed by atoms with Crippen LogP contribution in [-0.2, 0) is 6.54 Å². The fourth-order valence-electron chi connectivity index (χ4n) is 1.62. The molecule has 0 atom stereocenters. The lowest BCUT2D eigenvalue weighted by molar-refractivity contribution is 0.930. The van der Waals surface area contributed by atoms with E-state index >= 15 is 0 Å². The number of nitrogens with one attached hydrogen (secondary N) is 2. The number of hydrogen-bond acceptors (Lipinski definition) is 7. The van der Waals surface area contributed by atoms with Crippen molar-refractivity contribution in [3.8, 4) is 0 Å². The van der Waals surface area contributed by atoms with Crippen LogP contribution in [0.1, 0.15) is 11.3 Å². The van der Waals surface area contributed by atoms with Crippen molar-refractivity contribution in [2.24, 2.45) is 0 Å². The van der Waals surface area contributed by atoms with Gasteiger partial charge in [-0.05, 0) is 18.6 Å². The summed E-state index contributed by atoms with van der Waals surface area (Å²) in [5.41, 5.74) is 2.11. The van der Waals surface area contributed by atoms with E-state index in [2.05, 4.69) is 30.6 Å². The van der Waals surface area contributed by atoms with Gasteiger partial charge in [-0.2, -0.15) is 15.0 Å². The monoisotopic (exact) mass is 273 g/mol. The van der Waals surface area contributed by atoms with Crippen LogP contribution in [0.2, 0.25) is 0 Å². The fourth-order valence-corrected chi connectivity index (χ4v) is 1.62. The lowest BCUT2D eigenvalue weighted by Gasteiger charge is -2.13. The molecule has 106 valence electrons. The highest BCUT2D eigenvalue weighted by Gasteiger charge is 2.07. The highest BCUT2D eigenvalue weighted by molar-refractivity contribution is 5.42. The third-order valence-electron chi connectivity index (χ3n) is 2.78. The predicted molar refractivity (Wildman–Crippen MR) is 80.0 cm³/mol. The smallest absolute Gasteiger partial charge is 0.231 e. The lowest BCUT2D eigenvalue weighted by atomic mass is 10.2. The Kier molecular flexibility index (Phi) is 4.29. The fraction of sp³-hybridized carbons (Fsp3) is 0.385. The van der Waals surface area contributed by atoms with Gasteiger partial charge in [0, 0.05) is 27.3 Å². The summed E-state index contributed by atoms with van der Waals surface area (Å²) in [6, 6.07) is 3.95. The molecule has 0 amide bonds. The van der Waals surface area contributed by atoms with Crippen molar-refractivity contribution in [2.75, 3.05) is 36.7 Å². The molecule has 0 spiro atoms. The molecule has 2 N–H and O–H groups in total.